The van der Waals surface area contributed by atoms with E-state index < -0.39 is 11.9 Å². The Morgan fingerprint density at radius 3 is 2.94 bits per heavy atom. The summed E-state index contributed by atoms with van der Waals surface area (Å²) in [6.45, 7) is 1.73. The van der Waals surface area contributed by atoms with Gasteiger partial charge in [-0.25, -0.2) is 4.39 Å². The summed E-state index contributed by atoms with van der Waals surface area (Å²) in [6, 6.07) is 11.9. The fourth-order valence-electron chi connectivity index (χ4n) is 4.78. The van der Waals surface area contributed by atoms with Crippen LogP contribution in [-0.2, 0) is 11.2 Å². The third-order valence-corrected chi connectivity index (χ3v) is 6.98. The number of carboxylic acid groups (broad SMARTS) is 1. The van der Waals surface area contributed by atoms with Gasteiger partial charge < -0.3 is 9.84 Å². The summed E-state index contributed by atoms with van der Waals surface area (Å²) in [6.07, 6.45) is 4.87. The molecule has 1 fully saturated rings. The summed E-state index contributed by atoms with van der Waals surface area (Å²) in [5, 5.41) is 11.5. The van der Waals surface area contributed by atoms with Crippen LogP contribution >= 0.6 is 11.6 Å². The predicted molar refractivity (Wildman–Crippen MR) is 135 cm³/mol. The van der Waals surface area contributed by atoms with Crippen LogP contribution < -0.4 is 4.74 Å². The maximum absolute atomic E-state index is 13.3. The normalized spacial score (nSPS) is 18.1. The summed E-state index contributed by atoms with van der Waals surface area (Å²) in [7, 11) is 1.63. The predicted octanol–water partition coefficient (Wildman–Crippen LogP) is 5.43. The van der Waals surface area contributed by atoms with Crippen LogP contribution in [0.5, 0.6) is 5.75 Å². The Bertz CT molecular complexity index is 1270. The molecule has 35 heavy (non-hydrogen) atoms. The Balaban J connectivity index is 1.36. The first-order valence-electron chi connectivity index (χ1n) is 11.8. The number of halogens is 2. The van der Waals surface area contributed by atoms with Gasteiger partial charge >= 0.3 is 5.97 Å². The van der Waals surface area contributed by atoms with Crippen molar-refractivity contribution in [1.29, 1.82) is 0 Å². The van der Waals surface area contributed by atoms with Crippen molar-refractivity contribution < 1.29 is 19.0 Å². The van der Waals surface area contributed by atoms with Crippen molar-refractivity contribution in [3.63, 3.8) is 0 Å². The molecule has 182 valence electrons. The molecule has 5 nitrogen and oxygen atoms in total. The van der Waals surface area contributed by atoms with Crippen LogP contribution in [0.3, 0.4) is 0 Å². The minimum Gasteiger partial charge on any atom is -0.497 e. The monoisotopic (exact) mass is 494 g/mol. The lowest BCUT2D eigenvalue weighted by atomic mass is 9.81. The lowest BCUT2D eigenvalue weighted by Crippen LogP contribution is -2.44. The molecule has 7 heteroatoms. The first-order valence-corrected chi connectivity index (χ1v) is 12.1. The fraction of sp³-hybridized carbons (Fsp3) is 0.357. The van der Waals surface area contributed by atoms with E-state index in [2.05, 4.69) is 21.7 Å². The number of rotatable bonds is 7. The molecular formula is C28H28ClFN2O3. The van der Waals surface area contributed by atoms with Gasteiger partial charge in [-0.2, -0.15) is 0 Å². The van der Waals surface area contributed by atoms with Gasteiger partial charge in [-0.3, -0.25) is 14.7 Å². The Labute approximate surface area is 209 Å². The number of piperidine rings is 1. The van der Waals surface area contributed by atoms with Crippen molar-refractivity contribution in [2.75, 3.05) is 26.7 Å². The molecule has 0 unspecified atom stereocenters. The number of nitrogens with zero attached hydrogens (tertiary/aromatic N) is 2. The number of fused-ring (bicyclic) bond motifs is 1. The second-order valence-corrected chi connectivity index (χ2v) is 9.31. The minimum absolute atomic E-state index is 0.0985. The summed E-state index contributed by atoms with van der Waals surface area (Å²) >= 11 is 6.48. The Hall–Kier alpha value is -3.14. The van der Waals surface area contributed by atoms with Gasteiger partial charge in [0, 0.05) is 23.7 Å². The Kier molecular flexibility index (Phi) is 8.22. The highest BCUT2D eigenvalue weighted by Crippen LogP contribution is 2.32. The van der Waals surface area contributed by atoms with Crippen molar-refractivity contribution in [1.82, 2.24) is 9.88 Å². The topological polar surface area (TPSA) is 62.7 Å². The smallest absolute Gasteiger partial charge is 0.308 e. The molecule has 0 spiro atoms. The molecule has 1 N–H and O–H groups in total. The number of benzene rings is 2. The van der Waals surface area contributed by atoms with E-state index >= 15 is 0 Å². The zero-order chi connectivity index (χ0) is 24.8. The molecule has 1 aromatic heterocycles. The van der Waals surface area contributed by atoms with Crippen LogP contribution in [0.1, 0.15) is 30.4 Å². The van der Waals surface area contributed by atoms with E-state index in [-0.39, 0.29) is 11.7 Å². The number of methoxy groups -OCH3 is 1. The number of aromatic nitrogens is 1. The molecule has 0 radical (unpaired) electrons. The second-order valence-electron chi connectivity index (χ2n) is 8.90. The molecule has 2 atom stereocenters. The van der Waals surface area contributed by atoms with E-state index in [0.717, 1.165) is 54.4 Å². The maximum atomic E-state index is 13.3. The van der Waals surface area contributed by atoms with Gasteiger partial charge in [-0.1, -0.05) is 29.5 Å². The molecule has 2 aromatic carbocycles. The molecule has 0 aliphatic carbocycles. The standard InChI is InChI=1S/C28H28ClFN2O3/c1-35-22-10-11-27-24(16-22)23(26(29)17-31-27)9-3-7-20-12-14-32(18-25(20)28(33)34)13-4-6-19-5-2-8-21(30)15-19/h2,5,8,10-11,15-17,20,25H,3,7,9,12-14,18H2,1H3,(H,33,34)/t20-,25+/m0/s1. The van der Waals surface area contributed by atoms with Crippen LogP contribution in [0, 0.1) is 29.5 Å². The number of likely N-dealkylation sites (tertiary alicyclic amines) is 1. The summed E-state index contributed by atoms with van der Waals surface area (Å²) < 4.78 is 18.7. The van der Waals surface area contributed by atoms with Crippen LogP contribution in [0.25, 0.3) is 10.9 Å². The van der Waals surface area contributed by atoms with E-state index in [9.17, 15) is 14.3 Å². The number of carboxylic acids is 1. The maximum Gasteiger partial charge on any atom is 0.308 e. The van der Waals surface area contributed by atoms with Crippen LogP contribution in [0.2, 0.25) is 5.02 Å². The van der Waals surface area contributed by atoms with E-state index in [1.807, 2.05) is 18.2 Å². The zero-order valence-electron chi connectivity index (χ0n) is 19.6. The van der Waals surface area contributed by atoms with E-state index in [0.29, 0.717) is 23.7 Å². The van der Waals surface area contributed by atoms with Gasteiger partial charge in [0.1, 0.15) is 11.6 Å². The molecule has 0 saturated carbocycles. The highest BCUT2D eigenvalue weighted by atomic mass is 35.5. The van der Waals surface area contributed by atoms with Gasteiger partial charge in [0.25, 0.3) is 0 Å². The average Bonchev–Trinajstić information content (AvgIpc) is 2.85. The Morgan fingerprint density at radius 2 is 2.17 bits per heavy atom. The highest BCUT2D eigenvalue weighted by Gasteiger charge is 2.33. The van der Waals surface area contributed by atoms with Crippen LogP contribution in [0.15, 0.2) is 48.7 Å². The summed E-state index contributed by atoms with van der Waals surface area (Å²) in [5.74, 6) is 5.34. The number of hydrogen-bond acceptors (Lipinski definition) is 4. The average molecular weight is 495 g/mol. The van der Waals surface area contributed by atoms with E-state index in [4.69, 9.17) is 16.3 Å². The lowest BCUT2D eigenvalue weighted by molar-refractivity contribution is -0.146. The molecular weight excluding hydrogens is 467 g/mol. The molecule has 1 aliphatic heterocycles. The Morgan fingerprint density at radius 1 is 1.31 bits per heavy atom. The lowest BCUT2D eigenvalue weighted by Gasteiger charge is -2.35. The molecule has 1 saturated heterocycles. The summed E-state index contributed by atoms with van der Waals surface area (Å²) in [5.41, 5.74) is 2.50. The third-order valence-electron chi connectivity index (χ3n) is 6.65. The van der Waals surface area contributed by atoms with Gasteiger partial charge in [0.05, 0.1) is 30.1 Å². The van der Waals surface area contributed by atoms with Crippen molar-refractivity contribution >= 4 is 28.5 Å². The molecule has 0 amide bonds. The molecule has 3 aromatic rings. The molecule has 1 aliphatic rings. The fourth-order valence-corrected chi connectivity index (χ4v) is 5.03. The van der Waals surface area contributed by atoms with Crippen LogP contribution in [-0.4, -0.2) is 47.7 Å². The number of carbonyl (C=O) groups is 1. The molecule has 4 rings (SSSR count). The number of hydrogen-bond donors (Lipinski definition) is 1. The minimum atomic E-state index is -0.769. The third kappa shape index (κ3) is 6.30. The number of pyridine rings is 1. The van der Waals surface area contributed by atoms with Gasteiger partial charge in [0.15, 0.2) is 0 Å². The second kappa shape index (κ2) is 11.5. The van der Waals surface area contributed by atoms with Gasteiger partial charge in [-0.05, 0) is 80.1 Å². The van der Waals surface area contributed by atoms with Crippen LogP contribution in [0.4, 0.5) is 4.39 Å². The van der Waals surface area contributed by atoms with Crippen molar-refractivity contribution in [3.05, 3.63) is 70.6 Å². The summed E-state index contributed by atoms with van der Waals surface area (Å²) in [4.78, 5) is 18.5. The van der Waals surface area contributed by atoms with Crippen molar-refractivity contribution in [2.45, 2.75) is 25.7 Å². The van der Waals surface area contributed by atoms with Gasteiger partial charge in [0.2, 0.25) is 0 Å². The zero-order valence-corrected chi connectivity index (χ0v) is 20.4. The SMILES string of the molecule is COc1ccc2ncc(Cl)c(CCC[C@H]3CCN(CC#Cc4cccc(F)c4)C[C@H]3C(=O)O)c2c1. The highest BCUT2D eigenvalue weighted by molar-refractivity contribution is 6.32. The number of aryl methyl sites for hydroxylation is 1. The molecule has 2 heterocycles. The van der Waals surface area contributed by atoms with Crippen molar-refractivity contribution in [3.8, 4) is 17.6 Å². The first kappa shape index (κ1) is 25.0. The quantitative estimate of drug-likeness (QED) is 0.443. The van der Waals surface area contributed by atoms with Gasteiger partial charge in [-0.15, -0.1) is 0 Å². The molecule has 0 bridgehead atoms. The number of aliphatic carboxylic acids is 1. The van der Waals surface area contributed by atoms with Crippen molar-refractivity contribution in [2.24, 2.45) is 11.8 Å². The number of ether oxygens (including phenoxy) is 1. The van der Waals surface area contributed by atoms with E-state index in [1.54, 1.807) is 25.4 Å². The first-order chi connectivity index (χ1) is 16.9. The largest absolute Gasteiger partial charge is 0.497 e. The van der Waals surface area contributed by atoms with E-state index in [1.165, 1.54) is 12.1 Å².